The molecule has 0 bridgehead atoms. The van der Waals surface area contributed by atoms with Gasteiger partial charge in [0.15, 0.2) is 5.82 Å². The molecule has 20 heteroatoms. The van der Waals surface area contributed by atoms with Crippen molar-refractivity contribution >= 4 is 228 Å². The fraction of sp³-hybridized carbons (Fsp3) is 0. The number of rotatable bonds is 12. The monoisotopic (exact) mass is 1890 g/mol. The highest BCUT2D eigenvalue weighted by Gasteiger charge is 2.24. The second kappa shape index (κ2) is 36.6. The average molecular weight is 1890 g/mol. The maximum atomic E-state index is 4.83. The van der Waals surface area contributed by atoms with Crippen molar-refractivity contribution in [1.82, 2.24) is 67.7 Å². The number of nitrogens with zero attached hydrogens (tertiary/aromatic N) is 15. The van der Waals surface area contributed by atoms with Gasteiger partial charge in [-0.05, 0) is 207 Å². The van der Waals surface area contributed by atoms with Crippen molar-refractivity contribution in [1.29, 1.82) is 0 Å². The zero-order chi connectivity index (χ0) is 92.9. The molecule has 29 rings (SSSR count). The summed E-state index contributed by atoms with van der Waals surface area (Å²) in [4.78, 5) is 45.0. The molecule has 0 atom stereocenters. The van der Waals surface area contributed by atoms with Crippen molar-refractivity contribution in [3.63, 3.8) is 0 Å². The van der Waals surface area contributed by atoms with Gasteiger partial charge in [-0.25, -0.2) is 29.9 Å². The number of allylic oxidation sites excluding steroid dienone is 1. The summed E-state index contributed by atoms with van der Waals surface area (Å²) < 4.78 is 17.9. The molecular formula is C120H77N15S5. The first-order valence-electron chi connectivity index (χ1n) is 45.7. The highest BCUT2D eigenvalue weighted by atomic mass is 32.1. The van der Waals surface area contributed by atoms with Gasteiger partial charge in [0.25, 0.3) is 0 Å². The van der Waals surface area contributed by atoms with E-state index in [0.717, 1.165) is 78.6 Å². The number of hydrogen-bond donors (Lipinski definition) is 0. The Morgan fingerprint density at radius 2 is 0.593 bits per heavy atom. The lowest BCUT2D eigenvalue weighted by Crippen LogP contribution is -2.00. The van der Waals surface area contributed by atoms with Crippen molar-refractivity contribution in [2.24, 2.45) is 4.99 Å². The van der Waals surface area contributed by atoms with Crippen LogP contribution in [0.25, 0.3) is 239 Å². The normalized spacial score (nSPS) is 11.7. The predicted octanol–water partition coefficient (Wildman–Crippen LogP) is 32.4. The topological polar surface area (TPSA) is 153 Å². The Kier molecular flexibility index (Phi) is 22.0. The maximum Gasteiger partial charge on any atom is 0.234 e. The van der Waals surface area contributed by atoms with Gasteiger partial charge in [0.05, 0.1) is 73.2 Å². The first-order valence-corrected chi connectivity index (χ1v) is 50.1. The lowest BCUT2D eigenvalue weighted by molar-refractivity contribution is 0.992. The number of benzene rings is 12. The highest BCUT2D eigenvalue weighted by Crippen LogP contribution is 2.45. The van der Waals surface area contributed by atoms with Gasteiger partial charge in [-0.3, -0.25) is 33.6 Å². The molecule has 0 aliphatic rings. The number of para-hydroxylation sites is 5. The molecule has 0 N–H and O–H groups in total. The maximum absolute atomic E-state index is 4.83. The van der Waals surface area contributed by atoms with Crippen molar-refractivity contribution in [3.05, 3.63) is 453 Å². The highest BCUT2D eigenvalue weighted by molar-refractivity contribution is 7.18. The SMILES string of the molecule is C=CC=N/C=C/c1ccc(-n2c3ccccc3c3ccc4sccc4c32)cc1.c1ccc(-c2cnc(-n3c4ccccc4c4ccc5sccc5c43)nc2)cc1.c1ccc2c(c1)c1ccc3sccc3c1n2-c1ccc(-c2ccncc2)cn1.c1cncc(-c2ccc(-n3c4ccccc4c4ccc5sccc5c43)nc2)c1.c1cncc(-c2ncc(-n3c4ccccc4c4ccc5sccc5c43)cn2)c1. The van der Waals surface area contributed by atoms with Gasteiger partial charge in [-0.15, -0.1) is 56.7 Å². The molecule has 0 spiro atoms. The molecule has 0 saturated carbocycles. The van der Waals surface area contributed by atoms with Gasteiger partial charge < -0.3 is 9.13 Å². The van der Waals surface area contributed by atoms with Gasteiger partial charge in [-0.1, -0.05) is 183 Å². The van der Waals surface area contributed by atoms with E-state index in [4.69, 9.17) is 19.9 Å². The molecule has 17 heterocycles. The van der Waals surface area contributed by atoms with E-state index in [0.29, 0.717) is 11.8 Å². The molecular weight excluding hydrogens is 1810 g/mol. The minimum atomic E-state index is 0.679. The second-order valence-corrected chi connectivity index (χ2v) is 38.3. The first kappa shape index (κ1) is 84.3. The summed E-state index contributed by atoms with van der Waals surface area (Å²) in [6, 6.07) is 115. The van der Waals surface area contributed by atoms with E-state index in [1.54, 1.807) is 93.8 Å². The van der Waals surface area contributed by atoms with Crippen molar-refractivity contribution in [3.8, 4) is 73.7 Å². The molecule has 0 aliphatic heterocycles. The molecule has 0 aliphatic carbocycles. The first-order chi connectivity index (χ1) is 69.5. The molecule has 17 aromatic heterocycles. The van der Waals surface area contributed by atoms with Crippen LogP contribution < -0.4 is 0 Å². The van der Waals surface area contributed by atoms with Crippen LogP contribution in [-0.4, -0.2) is 73.9 Å². The Hall–Kier alpha value is -17.5. The standard InChI is InChI=1S/C25H18N2S.3C24H15N3S.C23H14N4S/c1-2-15-26-16-13-18-7-9-19(10-8-18)27-23-6-4-3-5-20(23)21-11-12-24-22(25(21)27)14-17-28-24;1-2-6-21-18(5-1)19-8-9-22-20(11-13-28-22)24(19)27(21)23-10-7-17(15-26-23)16-4-3-12-25-14-16;1-2-6-16(7-3-1)17-14-25-24(26-15-17)27-21-9-5-4-8-18(21)19-10-11-22-20(23(19)27)12-13-28-22;1-2-4-21-18(3-1)19-6-7-22-20(11-14-28-22)24(19)27(21)23-8-5-17(15-26-23)16-9-12-25-13-10-16;1-2-6-20-17(5-1)18-7-8-21-19(9-11-28-21)22(18)27(20)16-13-25-23(26-14-16)15-4-3-10-24-12-15/h2-17H,1H2;3*1-15H;1-14H/b16-13+,26-15?;;;;. The third-order valence-electron chi connectivity index (χ3n) is 25.7. The Labute approximate surface area is 821 Å². The minimum Gasteiger partial charge on any atom is -0.309 e. The molecule has 0 radical (unpaired) electrons. The van der Waals surface area contributed by atoms with E-state index in [9.17, 15) is 0 Å². The predicted molar refractivity (Wildman–Crippen MR) is 590 cm³/mol. The lowest BCUT2D eigenvalue weighted by atomic mass is 10.1. The molecule has 29 aromatic rings. The molecule has 0 amide bonds. The van der Waals surface area contributed by atoms with Crippen LogP contribution in [0.15, 0.2) is 453 Å². The Morgan fingerprint density at radius 3 is 1.01 bits per heavy atom. The van der Waals surface area contributed by atoms with Gasteiger partial charge in [0, 0.05) is 212 Å². The van der Waals surface area contributed by atoms with Crippen LogP contribution in [0.4, 0.5) is 0 Å². The number of fused-ring (bicyclic) bond motifs is 25. The summed E-state index contributed by atoms with van der Waals surface area (Å²) in [5.74, 6) is 3.24. The number of hydrogen-bond acceptors (Lipinski definition) is 15. The molecule has 662 valence electrons. The summed E-state index contributed by atoms with van der Waals surface area (Å²) in [5.41, 5.74) is 22.6. The van der Waals surface area contributed by atoms with Crippen LogP contribution in [0, 0.1) is 0 Å². The van der Waals surface area contributed by atoms with Gasteiger partial charge >= 0.3 is 0 Å². The van der Waals surface area contributed by atoms with Crippen molar-refractivity contribution in [2.45, 2.75) is 0 Å². The van der Waals surface area contributed by atoms with Crippen LogP contribution in [0.5, 0.6) is 0 Å². The average Bonchev–Trinajstić information content (AvgIpc) is 1.60. The van der Waals surface area contributed by atoms with E-state index >= 15 is 0 Å². The van der Waals surface area contributed by atoms with Crippen LogP contribution >= 0.6 is 56.7 Å². The lowest BCUT2D eigenvalue weighted by Gasteiger charge is -2.09. The number of thiophene rings is 5. The van der Waals surface area contributed by atoms with Crippen molar-refractivity contribution in [2.75, 3.05) is 0 Å². The van der Waals surface area contributed by atoms with Crippen LogP contribution in [0.3, 0.4) is 0 Å². The Morgan fingerprint density at radius 1 is 0.236 bits per heavy atom. The summed E-state index contributed by atoms with van der Waals surface area (Å²) in [6.07, 6.45) is 29.4. The van der Waals surface area contributed by atoms with Crippen LogP contribution in [-0.2, 0) is 0 Å². The number of aromatic nitrogens is 14. The van der Waals surface area contributed by atoms with Gasteiger partial charge in [0.1, 0.15) is 11.6 Å². The molecule has 15 nitrogen and oxygen atoms in total. The zero-order valence-corrected chi connectivity index (χ0v) is 78.8. The van der Waals surface area contributed by atoms with E-state index in [1.807, 2.05) is 110 Å². The van der Waals surface area contributed by atoms with Crippen molar-refractivity contribution < 1.29 is 0 Å². The second-order valence-electron chi connectivity index (χ2n) is 33.6. The fourth-order valence-electron chi connectivity index (χ4n) is 19.5. The third-order valence-corrected chi connectivity index (χ3v) is 30.2. The van der Waals surface area contributed by atoms with E-state index in [-0.39, 0.29) is 0 Å². The molecule has 0 unspecified atom stereocenters. The van der Waals surface area contributed by atoms with Gasteiger partial charge in [0.2, 0.25) is 5.95 Å². The number of aliphatic imine (C=N–C) groups is 1. The Bertz CT molecular complexity index is 8850. The Balaban J connectivity index is 0.0000000924. The largest absolute Gasteiger partial charge is 0.309 e. The molecule has 12 aromatic carbocycles. The summed E-state index contributed by atoms with van der Waals surface area (Å²) in [5, 5.41) is 29.7. The zero-order valence-electron chi connectivity index (χ0n) is 74.8. The summed E-state index contributed by atoms with van der Waals surface area (Å²) in [7, 11) is 0. The van der Waals surface area contributed by atoms with Gasteiger partial charge in [-0.2, -0.15) is 0 Å². The molecule has 140 heavy (non-hydrogen) atoms. The van der Waals surface area contributed by atoms with Crippen LogP contribution in [0.2, 0.25) is 0 Å². The molecule has 0 fully saturated rings. The summed E-state index contributed by atoms with van der Waals surface area (Å²) in [6.45, 7) is 3.63. The quantitative estimate of drug-likeness (QED) is 0.109. The molecule has 0 saturated heterocycles. The third kappa shape index (κ3) is 15.2. The van der Waals surface area contributed by atoms with E-state index in [1.165, 1.54) is 148 Å². The fourth-order valence-corrected chi connectivity index (χ4v) is 23.4. The smallest absolute Gasteiger partial charge is 0.234 e. The van der Waals surface area contributed by atoms with E-state index in [2.05, 4.69) is 365 Å². The van der Waals surface area contributed by atoms with E-state index < -0.39 is 0 Å². The van der Waals surface area contributed by atoms with Crippen LogP contribution in [0.1, 0.15) is 5.56 Å². The number of pyridine rings is 5. The summed E-state index contributed by atoms with van der Waals surface area (Å²) >= 11 is 8.87. The minimum absolute atomic E-state index is 0.679.